The van der Waals surface area contributed by atoms with E-state index < -0.39 is 0 Å². The highest BCUT2D eigenvalue weighted by Crippen LogP contribution is 2.34. The third-order valence-electron chi connectivity index (χ3n) is 3.41. The van der Waals surface area contributed by atoms with Crippen LogP contribution in [0.4, 0.5) is 5.69 Å². The Balaban J connectivity index is 1.76. The molecule has 1 fully saturated rings. The van der Waals surface area contributed by atoms with Gasteiger partial charge in [-0.15, -0.1) is 0 Å². The van der Waals surface area contributed by atoms with Gasteiger partial charge in [-0.3, -0.25) is 0 Å². The Kier molecular flexibility index (Phi) is 2.70. The van der Waals surface area contributed by atoms with Crippen LogP contribution < -0.4 is 15.4 Å². The minimum absolute atomic E-state index is 0.594. The molecule has 0 atom stereocenters. The second-order valence-corrected chi connectivity index (χ2v) is 4.56. The van der Waals surface area contributed by atoms with Crippen molar-refractivity contribution in [1.29, 1.82) is 0 Å². The summed E-state index contributed by atoms with van der Waals surface area (Å²) in [5.74, 6) is 1.08. The zero-order valence-electron chi connectivity index (χ0n) is 9.46. The number of hydrogen-bond acceptors (Lipinski definition) is 3. The second-order valence-electron chi connectivity index (χ2n) is 4.56. The Morgan fingerprint density at radius 1 is 1.25 bits per heavy atom. The summed E-state index contributed by atoms with van der Waals surface area (Å²) in [5, 5.41) is 7.00. The Morgan fingerprint density at radius 3 is 3.00 bits per heavy atom. The van der Waals surface area contributed by atoms with Gasteiger partial charge >= 0.3 is 0 Å². The molecule has 1 saturated heterocycles. The standard InChI is InChI=1S/C13H18N2O/c1-2-10-6-9-16-13(10)12(3-1)15-11-4-7-14-8-5-11/h1-3,11,14-15H,4-9H2. The van der Waals surface area contributed by atoms with Gasteiger partial charge in [0.2, 0.25) is 0 Å². The van der Waals surface area contributed by atoms with Crippen LogP contribution in [0.1, 0.15) is 18.4 Å². The number of piperidine rings is 1. The van der Waals surface area contributed by atoms with E-state index in [0.29, 0.717) is 6.04 Å². The molecule has 2 aliphatic heterocycles. The molecule has 86 valence electrons. The van der Waals surface area contributed by atoms with Crippen LogP contribution in [0, 0.1) is 0 Å². The first-order valence-corrected chi connectivity index (χ1v) is 6.15. The van der Waals surface area contributed by atoms with Gasteiger partial charge in [-0.05, 0) is 37.6 Å². The van der Waals surface area contributed by atoms with Crippen LogP contribution in [0.2, 0.25) is 0 Å². The van der Waals surface area contributed by atoms with Crippen molar-refractivity contribution in [3.05, 3.63) is 23.8 Å². The summed E-state index contributed by atoms with van der Waals surface area (Å²) in [4.78, 5) is 0. The summed E-state index contributed by atoms with van der Waals surface area (Å²) in [6.45, 7) is 3.07. The van der Waals surface area contributed by atoms with Crippen molar-refractivity contribution in [2.24, 2.45) is 0 Å². The smallest absolute Gasteiger partial charge is 0.145 e. The molecule has 0 spiro atoms. The normalized spacial score (nSPS) is 20.2. The number of para-hydroxylation sites is 1. The van der Waals surface area contributed by atoms with Crippen molar-refractivity contribution in [3.63, 3.8) is 0 Å². The largest absolute Gasteiger partial charge is 0.491 e. The first kappa shape index (κ1) is 9.97. The maximum Gasteiger partial charge on any atom is 0.145 e. The molecule has 2 N–H and O–H groups in total. The molecule has 1 aromatic rings. The molecular weight excluding hydrogens is 200 g/mol. The number of nitrogens with one attached hydrogen (secondary N) is 2. The average molecular weight is 218 g/mol. The number of benzene rings is 1. The number of anilines is 1. The highest BCUT2D eigenvalue weighted by molar-refractivity contribution is 5.62. The predicted molar refractivity (Wildman–Crippen MR) is 65.2 cm³/mol. The molecule has 16 heavy (non-hydrogen) atoms. The molecule has 3 nitrogen and oxygen atoms in total. The van der Waals surface area contributed by atoms with Gasteiger partial charge in [0.05, 0.1) is 12.3 Å². The van der Waals surface area contributed by atoms with Crippen molar-refractivity contribution in [1.82, 2.24) is 5.32 Å². The van der Waals surface area contributed by atoms with Crippen LogP contribution in [0.15, 0.2) is 18.2 Å². The van der Waals surface area contributed by atoms with E-state index in [1.165, 1.54) is 24.1 Å². The average Bonchev–Trinajstić information content (AvgIpc) is 2.80. The van der Waals surface area contributed by atoms with E-state index in [1.807, 2.05) is 0 Å². The molecule has 0 saturated carbocycles. The van der Waals surface area contributed by atoms with E-state index in [2.05, 4.69) is 28.8 Å². The lowest BCUT2D eigenvalue weighted by Gasteiger charge is -2.25. The minimum Gasteiger partial charge on any atom is -0.491 e. The number of fused-ring (bicyclic) bond motifs is 1. The monoisotopic (exact) mass is 218 g/mol. The molecule has 2 aliphatic rings. The van der Waals surface area contributed by atoms with Gasteiger partial charge in [0.1, 0.15) is 5.75 Å². The van der Waals surface area contributed by atoms with Gasteiger partial charge < -0.3 is 15.4 Å². The topological polar surface area (TPSA) is 33.3 Å². The van der Waals surface area contributed by atoms with E-state index >= 15 is 0 Å². The maximum absolute atomic E-state index is 5.69. The van der Waals surface area contributed by atoms with Gasteiger partial charge in [-0.25, -0.2) is 0 Å². The Morgan fingerprint density at radius 2 is 2.12 bits per heavy atom. The summed E-state index contributed by atoms with van der Waals surface area (Å²) in [7, 11) is 0. The summed E-state index contributed by atoms with van der Waals surface area (Å²) >= 11 is 0. The molecule has 2 heterocycles. The second kappa shape index (κ2) is 4.34. The van der Waals surface area contributed by atoms with Gasteiger partial charge in [-0.2, -0.15) is 0 Å². The molecule has 0 bridgehead atoms. The van der Waals surface area contributed by atoms with E-state index in [0.717, 1.165) is 31.9 Å². The van der Waals surface area contributed by atoms with E-state index in [9.17, 15) is 0 Å². The van der Waals surface area contributed by atoms with E-state index in [-0.39, 0.29) is 0 Å². The van der Waals surface area contributed by atoms with Crippen molar-refractivity contribution < 1.29 is 4.74 Å². The molecule has 3 heteroatoms. The lowest BCUT2D eigenvalue weighted by molar-refractivity contribution is 0.357. The lowest BCUT2D eigenvalue weighted by Crippen LogP contribution is -2.35. The molecule has 0 aromatic heterocycles. The number of hydrogen-bond donors (Lipinski definition) is 2. The zero-order chi connectivity index (χ0) is 10.8. The molecule has 1 aromatic carbocycles. The number of ether oxygens (including phenoxy) is 1. The Labute approximate surface area is 96.2 Å². The predicted octanol–water partition coefficient (Wildman–Crippen LogP) is 1.79. The Bertz CT molecular complexity index is 372. The van der Waals surface area contributed by atoms with Gasteiger partial charge in [0.25, 0.3) is 0 Å². The van der Waals surface area contributed by atoms with Crippen molar-refractivity contribution in [2.75, 3.05) is 25.0 Å². The van der Waals surface area contributed by atoms with Crippen molar-refractivity contribution in [2.45, 2.75) is 25.3 Å². The molecular formula is C13H18N2O. The fourth-order valence-electron chi connectivity index (χ4n) is 2.52. The SMILES string of the molecule is c1cc2c(c(NC3CCNCC3)c1)OCC2. The first-order valence-electron chi connectivity index (χ1n) is 6.15. The van der Waals surface area contributed by atoms with Gasteiger partial charge in [0, 0.05) is 12.5 Å². The fourth-order valence-corrected chi connectivity index (χ4v) is 2.52. The number of rotatable bonds is 2. The third kappa shape index (κ3) is 1.87. The quantitative estimate of drug-likeness (QED) is 0.794. The maximum atomic E-state index is 5.69. The molecule has 0 unspecified atom stereocenters. The summed E-state index contributed by atoms with van der Waals surface area (Å²) in [6.07, 6.45) is 3.45. The van der Waals surface area contributed by atoms with E-state index in [4.69, 9.17) is 4.74 Å². The van der Waals surface area contributed by atoms with Crippen LogP contribution in [0.3, 0.4) is 0 Å². The fraction of sp³-hybridized carbons (Fsp3) is 0.538. The Hall–Kier alpha value is -1.22. The van der Waals surface area contributed by atoms with Crippen LogP contribution in [0.25, 0.3) is 0 Å². The summed E-state index contributed by atoms with van der Waals surface area (Å²) < 4.78 is 5.69. The first-order chi connectivity index (χ1) is 7.93. The van der Waals surface area contributed by atoms with E-state index in [1.54, 1.807) is 0 Å². The van der Waals surface area contributed by atoms with Crippen LogP contribution in [-0.4, -0.2) is 25.7 Å². The highest BCUT2D eigenvalue weighted by Gasteiger charge is 2.19. The van der Waals surface area contributed by atoms with Crippen molar-refractivity contribution in [3.8, 4) is 5.75 Å². The molecule has 0 aliphatic carbocycles. The van der Waals surface area contributed by atoms with Crippen LogP contribution in [0.5, 0.6) is 5.75 Å². The molecule has 0 radical (unpaired) electrons. The zero-order valence-corrected chi connectivity index (χ0v) is 9.46. The summed E-state index contributed by atoms with van der Waals surface area (Å²) in [6, 6.07) is 7.01. The molecule has 3 rings (SSSR count). The highest BCUT2D eigenvalue weighted by atomic mass is 16.5. The lowest BCUT2D eigenvalue weighted by atomic mass is 10.1. The van der Waals surface area contributed by atoms with Crippen molar-refractivity contribution >= 4 is 5.69 Å². The summed E-state index contributed by atoms with van der Waals surface area (Å²) in [5.41, 5.74) is 2.53. The minimum atomic E-state index is 0.594. The van der Waals surface area contributed by atoms with Gasteiger partial charge in [0.15, 0.2) is 0 Å². The van der Waals surface area contributed by atoms with Crippen LogP contribution in [-0.2, 0) is 6.42 Å². The van der Waals surface area contributed by atoms with Gasteiger partial charge in [-0.1, -0.05) is 12.1 Å². The molecule has 0 amide bonds. The third-order valence-corrected chi connectivity index (χ3v) is 3.41. The van der Waals surface area contributed by atoms with Crippen LogP contribution >= 0.6 is 0 Å².